The predicted molar refractivity (Wildman–Crippen MR) is 137 cm³/mol. The number of thioether (sulfide) groups is 1. The van der Waals surface area contributed by atoms with Crippen molar-refractivity contribution >= 4 is 63.5 Å². The molecule has 7 heteroatoms. The molecule has 1 aromatic heterocycles. The fraction of sp³-hybridized carbons (Fsp3) is 0. The molecule has 2 heterocycles. The summed E-state index contributed by atoms with van der Waals surface area (Å²) in [4.78, 5) is 20.2. The zero-order valence-corrected chi connectivity index (χ0v) is 19.4. The first-order chi connectivity index (χ1) is 16.1. The Balaban J connectivity index is 1.50. The molecule has 162 valence electrons. The molecule has 5 rings (SSSR count). The summed E-state index contributed by atoms with van der Waals surface area (Å²) < 4.78 is 5.97. The van der Waals surface area contributed by atoms with Gasteiger partial charge in [0.05, 0.1) is 16.3 Å². The van der Waals surface area contributed by atoms with Gasteiger partial charge in [-0.15, -0.1) is 0 Å². The molecule has 4 nitrogen and oxygen atoms in total. The Hall–Kier alpha value is -3.25. The van der Waals surface area contributed by atoms with Crippen LogP contribution in [0.5, 0.6) is 0 Å². The SMILES string of the molecule is O=C1/C(=C/c2ccc(-c3cc(Cl)cc(Cl)c3)o2)SC(=Nc2ccccc2)N1c1ccccc1. The number of halogens is 2. The minimum Gasteiger partial charge on any atom is -0.457 e. The monoisotopic (exact) mass is 490 g/mol. The van der Waals surface area contributed by atoms with Gasteiger partial charge in [0, 0.05) is 21.7 Å². The molecule has 0 bridgehead atoms. The van der Waals surface area contributed by atoms with Gasteiger partial charge in [0.15, 0.2) is 5.17 Å². The Bertz CT molecular complexity index is 1360. The molecule has 1 amide bonds. The summed E-state index contributed by atoms with van der Waals surface area (Å²) in [7, 11) is 0. The van der Waals surface area contributed by atoms with Gasteiger partial charge in [-0.05, 0) is 66.4 Å². The second-order valence-electron chi connectivity index (χ2n) is 7.18. The Morgan fingerprint density at radius 1 is 0.848 bits per heavy atom. The normalized spacial score (nSPS) is 16.2. The van der Waals surface area contributed by atoms with Crippen LogP contribution in [0.15, 0.2) is 105 Å². The topological polar surface area (TPSA) is 45.8 Å². The Morgan fingerprint density at radius 2 is 1.52 bits per heavy atom. The summed E-state index contributed by atoms with van der Waals surface area (Å²) in [6.07, 6.45) is 1.73. The first-order valence-electron chi connectivity index (χ1n) is 10.1. The van der Waals surface area contributed by atoms with E-state index in [-0.39, 0.29) is 5.91 Å². The lowest BCUT2D eigenvalue weighted by atomic mass is 10.2. The number of anilines is 1. The number of benzene rings is 3. The lowest BCUT2D eigenvalue weighted by Crippen LogP contribution is -2.28. The van der Waals surface area contributed by atoms with Crippen molar-refractivity contribution < 1.29 is 9.21 Å². The fourth-order valence-electron chi connectivity index (χ4n) is 3.38. The number of furan rings is 1. The lowest BCUT2D eigenvalue weighted by molar-refractivity contribution is -0.113. The molecule has 0 unspecified atom stereocenters. The van der Waals surface area contributed by atoms with Crippen LogP contribution in [0.25, 0.3) is 17.4 Å². The highest BCUT2D eigenvalue weighted by molar-refractivity contribution is 8.19. The van der Waals surface area contributed by atoms with E-state index in [1.807, 2.05) is 72.8 Å². The third-order valence-corrected chi connectivity index (χ3v) is 6.25. The van der Waals surface area contributed by atoms with Crippen molar-refractivity contribution in [1.82, 2.24) is 0 Å². The van der Waals surface area contributed by atoms with Gasteiger partial charge in [0.1, 0.15) is 11.5 Å². The molecule has 1 aliphatic heterocycles. The number of amides is 1. The van der Waals surface area contributed by atoms with E-state index in [4.69, 9.17) is 32.6 Å². The highest BCUT2D eigenvalue weighted by Crippen LogP contribution is 2.38. The Kier molecular flexibility index (Phi) is 6.09. The maximum absolute atomic E-state index is 13.4. The van der Waals surface area contributed by atoms with Crippen LogP contribution in [-0.2, 0) is 4.79 Å². The van der Waals surface area contributed by atoms with E-state index in [1.54, 1.807) is 29.2 Å². The number of rotatable bonds is 4. The molecular formula is C26H16Cl2N2O2S. The van der Waals surface area contributed by atoms with Crippen LogP contribution in [0.3, 0.4) is 0 Å². The molecule has 0 radical (unpaired) electrons. The van der Waals surface area contributed by atoms with Crippen LogP contribution >= 0.6 is 35.0 Å². The van der Waals surface area contributed by atoms with Gasteiger partial charge in [-0.2, -0.15) is 0 Å². The predicted octanol–water partition coefficient (Wildman–Crippen LogP) is 8.06. The van der Waals surface area contributed by atoms with E-state index in [0.29, 0.717) is 31.6 Å². The molecule has 33 heavy (non-hydrogen) atoms. The number of hydrogen-bond acceptors (Lipinski definition) is 4. The van der Waals surface area contributed by atoms with Gasteiger partial charge in [-0.25, -0.2) is 4.99 Å². The molecule has 0 N–H and O–H groups in total. The summed E-state index contributed by atoms with van der Waals surface area (Å²) in [5.41, 5.74) is 2.29. The van der Waals surface area contributed by atoms with Crippen LogP contribution in [0, 0.1) is 0 Å². The summed E-state index contributed by atoms with van der Waals surface area (Å²) in [5.74, 6) is 0.996. The smallest absolute Gasteiger partial charge is 0.271 e. The molecule has 3 aromatic carbocycles. The maximum atomic E-state index is 13.4. The highest BCUT2D eigenvalue weighted by atomic mass is 35.5. The Labute approximate surface area is 205 Å². The average molecular weight is 491 g/mol. The molecule has 0 spiro atoms. The van der Waals surface area contributed by atoms with Crippen molar-refractivity contribution in [2.24, 2.45) is 4.99 Å². The zero-order chi connectivity index (χ0) is 22.8. The van der Waals surface area contributed by atoms with Crippen molar-refractivity contribution in [3.63, 3.8) is 0 Å². The largest absolute Gasteiger partial charge is 0.457 e. The van der Waals surface area contributed by atoms with Crippen molar-refractivity contribution in [2.75, 3.05) is 4.90 Å². The number of amidine groups is 1. The standard InChI is InChI=1S/C26H16Cl2N2O2S/c27-18-13-17(14-19(28)15-18)23-12-11-22(32-23)16-24-25(31)30(21-9-5-2-6-10-21)26(33-24)29-20-7-3-1-4-8-20/h1-16H/b24-16-,29-26?. The average Bonchev–Trinajstić information content (AvgIpc) is 3.39. The maximum Gasteiger partial charge on any atom is 0.271 e. The second-order valence-corrected chi connectivity index (χ2v) is 9.06. The quantitative estimate of drug-likeness (QED) is 0.271. The van der Waals surface area contributed by atoms with Crippen molar-refractivity contribution in [3.8, 4) is 11.3 Å². The molecule has 1 saturated heterocycles. The summed E-state index contributed by atoms with van der Waals surface area (Å²) >= 11 is 13.5. The third-order valence-electron chi connectivity index (χ3n) is 4.85. The van der Waals surface area contributed by atoms with Gasteiger partial charge in [0.2, 0.25) is 0 Å². The number of carbonyl (C=O) groups excluding carboxylic acids is 1. The molecule has 0 aliphatic carbocycles. The fourth-order valence-corrected chi connectivity index (χ4v) is 4.88. The second kappa shape index (κ2) is 9.32. The Morgan fingerprint density at radius 3 is 2.21 bits per heavy atom. The van der Waals surface area contributed by atoms with Crippen LogP contribution in [0.4, 0.5) is 11.4 Å². The van der Waals surface area contributed by atoms with Crippen LogP contribution in [-0.4, -0.2) is 11.1 Å². The third kappa shape index (κ3) is 4.76. The van der Waals surface area contributed by atoms with E-state index in [9.17, 15) is 4.79 Å². The number of carbonyl (C=O) groups is 1. The van der Waals surface area contributed by atoms with Crippen LogP contribution in [0.1, 0.15) is 5.76 Å². The van der Waals surface area contributed by atoms with Gasteiger partial charge in [-0.1, -0.05) is 59.6 Å². The van der Waals surface area contributed by atoms with Crippen LogP contribution in [0.2, 0.25) is 10.0 Å². The van der Waals surface area contributed by atoms with E-state index in [0.717, 1.165) is 16.9 Å². The molecule has 0 atom stereocenters. The summed E-state index contributed by atoms with van der Waals surface area (Å²) in [6, 6.07) is 27.9. The van der Waals surface area contributed by atoms with E-state index in [2.05, 4.69) is 0 Å². The van der Waals surface area contributed by atoms with Gasteiger partial charge in [-0.3, -0.25) is 9.69 Å². The first kappa shape index (κ1) is 21.6. The van der Waals surface area contributed by atoms with Gasteiger partial charge in [0.25, 0.3) is 5.91 Å². The molecular weight excluding hydrogens is 475 g/mol. The highest BCUT2D eigenvalue weighted by Gasteiger charge is 2.35. The molecule has 1 fully saturated rings. The minimum atomic E-state index is -0.162. The zero-order valence-electron chi connectivity index (χ0n) is 17.1. The summed E-state index contributed by atoms with van der Waals surface area (Å²) in [6.45, 7) is 0. The number of hydrogen-bond donors (Lipinski definition) is 0. The van der Waals surface area contributed by atoms with Crippen LogP contribution < -0.4 is 4.90 Å². The van der Waals surface area contributed by atoms with E-state index in [1.165, 1.54) is 11.8 Å². The first-order valence-corrected chi connectivity index (χ1v) is 11.6. The van der Waals surface area contributed by atoms with Crippen molar-refractivity contribution in [2.45, 2.75) is 0 Å². The molecule has 4 aromatic rings. The van der Waals surface area contributed by atoms with Crippen molar-refractivity contribution in [3.05, 3.63) is 112 Å². The summed E-state index contributed by atoms with van der Waals surface area (Å²) in [5, 5.41) is 1.63. The number of para-hydroxylation sites is 2. The minimum absolute atomic E-state index is 0.162. The van der Waals surface area contributed by atoms with Gasteiger partial charge >= 0.3 is 0 Å². The number of aliphatic imine (C=N–C) groups is 1. The molecule has 0 saturated carbocycles. The van der Waals surface area contributed by atoms with E-state index >= 15 is 0 Å². The number of nitrogens with zero attached hydrogens (tertiary/aromatic N) is 2. The van der Waals surface area contributed by atoms with E-state index < -0.39 is 0 Å². The van der Waals surface area contributed by atoms with Crippen molar-refractivity contribution in [1.29, 1.82) is 0 Å². The molecule has 1 aliphatic rings. The lowest BCUT2D eigenvalue weighted by Gasteiger charge is -2.15. The van der Waals surface area contributed by atoms with Gasteiger partial charge < -0.3 is 4.42 Å².